The first-order valence-electron chi connectivity index (χ1n) is 12.0. The minimum absolute atomic E-state index is 0.197. The molecule has 1 aliphatic heterocycles. The van der Waals surface area contributed by atoms with E-state index in [0.717, 1.165) is 12.3 Å². The zero-order valence-corrected chi connectivity index (χ0v) is 21.1. The number of para-hydroxylation sites is 1. The maximum absolute atomic E-state index is 13.3. The van der Waals surface area contributed by atoms with Gasteiger partial charge in [-0.15, -0.1) is 0 Å². The third-order valence-corrected chi connectivity index (χ3v) is 8.37. The Hall–Kier alpha value is -3.70. The van der Waals surface area contributed by atoms with E-state index in [1.54, 1.807) is 55.5 Å². The van der Waals surface area contributed by atoms with Crippen LogP contribution in [0.2, 0.25) is 0 Å². The Labute approximate surface area is 217 Å². The highest BCUT2D eigenvalue weighted by Gasteiger charge is 2.41. The zero-order chi connectivity index (χ0) is 27.1. The number of benzene rings is 2. The van der Waals surface area contributed by atoms with Gasteiger partial charge in [0.25, 0.3) is 10.0 Å². The number of rotatable bonds is 6. The summed E-state index contributed by atoms with van der Waals surface area (Å²) < 4.78 is 71.9. The number of sulfonamides is 1. The quantitative estimate of drug-likeness (QED) is 0.345. The monoisotopic (exact) mass is 543 g/mol. The fraction of sp³-hybridized carbons (Fsp3) is 0.259. The predicted molar refractivity (Wildman–Crippen MR) is 134 cm³/mol. The summed E-state index contributed by atoms with van der Waals surface area (Å²) in [6, 6.07) is 16.3. The van der Waals surface area contributed by atoms with Gasteiger partial charge in [-0.1, -0.05) is 42.5 Å². The van der Waals surface area contributed by atoms with Gasteiger partial charge < -0.3 is 9.73 Å². The van der Waals surface area contributed by atoms with Gasteiger partial charge in [-0.2, -0.15) is 17.5 Å². The molecule has 0 saturated carbocycles. The number of amides is 1. The van der Waals surface area contributed by atoms with Crippen molar-refractivity contribution in [1.82, 2.24) is 14.6 Å². The van der Waals surface area contributed by atoms with Gasteiger partial charge in [-0.05, 0) is 49.1 Å². The maximum Gasteiger partial charge on any atom is 0.433 e. The fourth-order valence-electron chi connectivity index (χ4n) is 4.60. The fourth-order valence-corrected chi connectivity index (χ4v) is 6.21. The van der Waals surface area contributed by atoms with Crippen LogP contribution >= 0.6 is 0 Å². The number of aromatic nitrogens is 1. The highest BCUT2D eigenvalue weighted by Crippen LogP contribution is 2.32. The van der Waals surface area contributed by atoms with Crippen molar-refractivity contribution >= 4 is 26.9 Å². The van der Waals surface area contributed by atoms with Gasteiger partial charge >= 0.3 is 6.18 Å². The van der Waals surface area contributed by atoms with Crippen LogP contribution in [0, 0.1) is 0 Å². The van der Waals surface area contributed by atoms with Crippen molar-refractivity contribution in [1.29, 1.82) is 0 Å². The molecule has 1 N–H and O–H groups in total. The Morgan fingerprint density at radius 3 is 2.58 bits per heavy atom. The van der Waals surface area contributed by atoms with Crippen molar-refractivity contribution in [2.45, 2.75) is 43.1 Å². The number of carbonyl (C=O) groups is 1. The third kappa shape index (κ3) is 5.03. The first kappa shape index (κ1) is 25.9. The van der Waals surface area contributed by atoms with Crippen LogP contribution in [-0.4, -0.2) is 36.2 Å². The van der Waals surface area contributed by atoms with Crippen LogP contribution in [0.25, 0.3) is 22.1 Å². The molecule has 0 unspecified atom stereocenters. The van der Waals surface area contributed by atoms with E-state index in [0.29, 0.717) is 40.5 Å². The normalized spacial score (nSPS) is 17.5. The van der Waals surface area contributed by atoms with Crippen molar-refractivity contribution < 1.29 is 30.8 Å². The minimum Gasteiger partial charge on any atom is -0.443 e. The molecule has 2 aromatic heterocycles. The van der Waals surface area contributed by atoms with Crippen LogP contribution < -0.4 is 5.32 Å². The van der Waals surface area contributed by atoms with E-state index in [1.165, 1.54) is 16.4 Å². The predicted octanol–water partition coefficient (Wildman–Crippen LogP) is 5.54. The number of nitrogens with one attached hydrogen (secondary N) is 1. The topological polar surface area (TPSA) is 92.5 Å². The molecule has 5 rings (SSSR count). The van der Waals surface area contributed by atoms with E-state index in [-0.39, 0.29) is 11.6 Å². The Kier molecular flexibility index (Phi) is 6.74. The molecule has 1 aliphatic rings. The molecule has 3 heterocycles. The Morgan fingerprint density at radius 2 is 1.87 bits per heavy atom. The largest absolute Gasteiger partial charge is 0.443 e. The lowest BCUT2D eigenvalue weighted by Crippen LogP contribution is -2.46. The molecule has 38 heavy (non-hydrogen) atoms. The zero-order valence-electron chi connectivity index (χ0n) is 20.3. The van der Waals surface area contributed by atoms with Crippen molar-refractivity contribution in [2.75, 3.05) is 6.54 Å². The molecule has 2 atom stereocenters. The second kappa shape index (κ2) is 9.88. The van der Waals surface area contributed by atoms with E-state index in [4.69, 9.17) is 4.42 Å². The van der Waals surface area contributed by atoms with E-state index in [9.17, 15) is 26.4 Å². The molecular formula is C27H24F3N3O4S. The van der Waals surface area contributed by atoms with Crippen LogP contribution in [0.4, 0.5) is 13.2 Å². The maximum atomic E-state index is 13.3. The Bertz CT molecular complexity index is 1550. The summed E-state index contributed by atoms with van der Waals surface area (Å²) in [6.07, 6.45) is -2.46. The molecule has 1 amide bonds. The van der Waals surface area contributed by atoms with Crippen molar-refractivity contribution in [2.24, 2.45) is 0 Å². The van der Waals surface area contributed by atoms with Crippen molar-refractivity contribution in [3.8, 4) is 11.1 Å². The third-order valence-electron chi connectivity index (χ3n) is 6.60. The summed E-state index contributed by atoms with van der Waals surface area (Å²) in [6.45, 7) is 1.96. The second-order valence-corrected chi connectivity index (χ2v) is 11.0. The van der Waals surface area contributed by atoms with Gasteiger partial charge in [-0.25, -0.2) is 8.42 Å². The molecule has 1 saturated heterocycles. The molecule has 0 bridgehead atoms. The summed E-state index contributed by atoms with van der Waals surface area (Å²) in [5, 5.41) is 3.34. The molecule has 4 aromatic rings. The van der Waals surface area contributed by atoms with Crippen LogP contribution in [0.15, 0.2) is 82.4 Å². The van der Waals surface area contributed by atoms with Crippen molar-refractivity contribution in [3.05, 3.63) is 84.2 Å². The Morgan fingerprint density at radius 1 is 1.08 bits per heavy atom. The molecule has 198 valence electrons. The van der Waals surface area contributed by atoms with Crippen molar-refractivity contribution in [3.63, 3.8) is 0 Å². The molecule has 0 radical (unpaired) electrons. The van der Waals surface area contributed by atoms with Crippen LogP contribution in [-0.2, 0) is 21.0 Å². The van der Waals surface area contributed by atoms with E-state index >= 15 is 0 Å². The number of halogens is 3. The Balaban J connectivity index is 1.32. The van der Waals surface area contributed by atoms with Gasteiger partial charge in [0.05, 0.1) is 6.04 Å². The molecule has 1 fully saturated rings. The lowest BCUT2D eigenvalue weighted by atomic mass is 10.0. The number of furan rings is 1. The second-order valence-electron chi connectivity index (χ2n) is 9.16. The average molecular weight is 544 g/mol. The number of pyridine rings is 1. The first-order valence-corrected chi connectivity index (χ1v) is 13.4. The lowest BCUT2D eigenvalue weighted by molar-refractivity contribution is -0.141. The molecule has 0 aliphatic carbocycles. The SMILES string of the molecule is C[C@H](NC(=O)[C@@H]1CCCN1S(=O)(=O)c1cc2ccccc2o1)c1cccc(-c2ccc(C(F)(F)F)nc2)c1. The highest BCUT2D eigenvalue weighted by atomic mass is 32.2. The summed E-state index contributed by atoms with van der Waals surface area (Å²) in [4.78, 5) is 16.7. The smallest absolute Gasteiger partial charge is 0.433 e. The van der Waals surface area contributed by atoms with E-state index in [2.05, 4.69) is 10.3 Å². The molecule has 2 aromatic carbocycles. The molecule has 0 spiro atoms. The van der Waals surface area contributed by atoms with Crippen LogP contribution in [0.1, 0.15) is 37.1 Å². The lowest BCUT2D eigenvalue weighted by Gasteiger charge is -2.24. The van der Waals surface area contributed by atoms with Gasteiger partial charge in [0.1, 0.15) is 17.3 Å². The highest BCUT2D eigenvalue weighted by molar-refractivity contribution is 7.89. The van der Waals surface area contributed by atoms with Gasteiger partial charge in [0.2, 0.25) is 11.0 Å². The number of hydrogen-bond acceptors (Lipinski definition) is 5. The van der Waals surface area contributed by atoms with Gasteiger partial charge in [0.15, 0.2) is 0 Å². The number of hydrogen-bond donors (Lipinski definition) is 1. The molecule has 11 heteroatoms. The van der Waals surface area contributed by atoms with E-state index in [1.807, 2.05) is 0 Å². The molecule has 7 nitrogen and oxygen atoms in total. The van der Waals surface area contributed by atoms with Gasteiger partial charge in [0, 0.05) is 29.8 Å². The number of fused-ring (bicyclic) bond motifs is 1. The number of carbonyl (C=O) groups excluding carboxylic acids is 1. The minimum atomic E-state index is -4.52. The summed E-state index contributed by atoms with van der Waals surface area (Å²) >= 11 is 0. The van der Waals surface area contributed by atoms with Gasteiger partial charge in [-0.3, -0.25) is 9.78 Å². The summed E-state index contributed by atoms with van der Waals surface area (Å²) in [5.41, 5.74) is 1.32. The van der Waals surface area contributed by atoms with Crippen LogP contribution in [0.5, 0.6) is 0 Å². The molecular weight excluding hydrogens is 519 g/mol. The van der Waals surface area contributed by atoms with E-state index < -0.39 is 39.9 Å². The number of nitrogens with zero attached hydrogens (tertiary/aromatic N) is 2. The first-order chi connectivity index (χ1) is 18.0. The number of alkyl halides is 3. The van der Waals surface area contributed by atoms with Crippen LogP contribution in [0.3, 0.4) is 0 Å². The average Bonchev–Trinajstić information content (AvgIpc) is 3.57. The summed E-state index contributed by atoms with van der Waals surface area (Å²) in [5.74, 6) is -0.434. The standard InChI is InChI=1S/C27H24F3N3O4S/c1-17(18-7-4-8-19(14-18)21-11-12-24(31-16-21)27(28,29)30)32-26(34)22-9-5-13-33(22)38(35,36)25-15-20-6-2-3-10-23(20)37-25/h2-4,6-8,10-12,14-17,22H,5,9,13H2,1H3,(H,32,34)/t17-,22-/m0/s1. The summed E-state index contributed by atoms with van der Waals surface area (Å²) in [7, 11) is -4.03.